The van der Waals surface area contributed by atoms with Gasteiger partial charge in [-0.05, 0) is 24.5 Å². The molecule has 0 spiro atoms. The molecule has 0 radical (unpaired) electrons. The van der Waals surface area contributed by atoms with Gasteiger partial charge in [-0.2, -0.15) is 0 Å². The fourth-order valence-corrected chi connectivity index (χ4v) is 1.83. The highest BCUT2D eigenvalue weighted by Crippen LogP contribution is 2.22. The van der Waals surface area contributed by atoms with Gasteiger partial charge in [-0.1, -0.05) is 30.3 Å². The second-order valence-electron chi connectivity index (χ2n) is 4.85. The molecule has 0 unspecified atom stereocenters. The zero-order valence-corrected chi connectivity index (χ0v) is 11.0. The summed E-state index contributed by atoms with van der Waals surface area (Å²) in [4.78, 5) is 20.4. The monoisotopic (exact) mass is 268 g/mol. The number of hydrogen-bond acceptors (Lipinski definition) is 4. The van der Waals surface area contributed by atoms with Crippen LogP contribution in [-0.2, 0) is 6.54 Å². The molecule has 2 aromatic rings. The number of nitrogens with one attached hydrogen (secondary N) is 2. The van der Waals surface area contributed by atoms with Crippen LogP contribution < -0.4 is 10.6 Å². The lowest BCUT2D eigenvalue weighted by atomic mass is 10.2. The number of anilines is 1. The lowest BCUT2D eigenvalue weighted by Gasteiger charge is -2.06. The molecule has 1 fully saturated rings. The van der Waals surface area contributed by atoms with E-state index in [9.17, 15) is 4.79 Å². The van der Waals surface area contributed by atoms with Crippen molar-refractivity contribution in [2.45, 2.75) is 25.4 Å². The first-order chi connectivity index (χ1) is 9.81. The topological polar surface area (TPSA) is 66.9 Å². The molecule has 1 aromatic heterocycles. The molecule has 3 rings (SSSR count). The number of hydrogen-bond donors (Lipinski definition) is 2. The molecular weight excluding hydrogens is 252 g/mol. The summed E-state index contributed by atoms with van der Waals surface area (Å²) in [6.45, 7) is 0.495. The summed E-state index contributed by atoms with van der Waals surface area (Å²) in [5.74, 6) is 0.343. The number of amides is 1. The number of carbonyl (C=O) groups is 1. The van der Waals surface area contributed by atoms with Gasteiger partial charge >= 0.3 is 0 Å². The number of benzene rings is 1. The van der Waals surface area contributed by atoms with Crippen LogP contribution in [0.1, 0.15) is 28.9 Å². The van der Waals surface area contributed by atoms with Crippen LogP contribution in [-0.4, -0.2) is 21.9 Å². The molecule has 102 valence electrons. The Morgan fingerprint density at radius 1 is 1.20 bits per heavy atom. The highest BCUT2D eigenvalue weighted by Gasteiger charge is 2.22. The molecule has 2 N–H and O–H groups in total. The molecule has 1 heterocycles. The summed E-state index contributed by atoms with van der Waals surface area (Å²) >= 11 is 0. The second-order valence-corrected chi connectivity index (χ2v) is 4.85. The molecule has 5 nitrogen and oxygen atoms in total. The number of rotatable bonds is 5. The Labute approximate surface area is 117 Å². The Morgan fingerprint density at radius 2 is 2.00 bits per heavy atom. The average molecular weight is 268 g/mol. The number of aromatic nitrogens is 2. The van der Waals surface area contributed by atoms with Gasteiger partial charge in [0.1, 0.15) is 5.69 Å². The highest BCUT2D eigenvalue weighted by atomic mass is 16.1. The Hall–Kier alpha value is -2.43. The molecule has 5 heteroatoms. The van der Waals surface area contributed by atoms with E-state index in [0.717, 1.165) is 18.4 Å². The maximum atomic E-state index is 12.0. The lowest BCUT2D eigenvalue weighted by molar-refractivity contribution is 0.0946. The van der Waals surface area contributed by atoms with E-state index in [1.807, 2.05) is 30.3 Å². The molecule has 1 saturated carbocycles. The molecule has 1 amide bonds. The summed E-state index contributed by atoms with van der Waals surface area (Å²) in [6, 6.07) is 11.9. The summed E-state index contributed by atoms with van der Waals surface area (Å²) < 4.78 is 0. The zero-order chi connectivity index (χ0) is 13.8. The minimum atomic E-state index is -0.185. The smallest absolute Gasteiger partial charge is 0.270 e. The Bertz CT molecular complexity index is 596. The van der Waals surface area contributed by atoms with Crippen LogP contribution in [0.5, 0.6) is 0 Å². The van der Waals surface area contributed by atoms with Gasteiger partial charge in [0, 0.05) is 18.8 Å². The summed E-state index contributed by atoms with van der Waals surface area (Å²) in [7, 11) is 0. The molecule has 1 aliphatic carbocycles. The van der Waals surface area contributed by atoms with E-state index in [4.69, 9.17) is 0 Å². The second kappa shape index (κ2) is 5.69. The number of carbonyl (C=O) groups excluding carboxylic acids is 1. The lowest BCUT2D eigenvalue weighted by Crippen LogP contribution is -2.24. The van der Waals surface area contributed by atoms with E-state index in [1.54, 1.807) is 12.3 Å². The third kappa shape index (κ3) is 3.32. The van der Waals surface area contributed by atoms with Crippen molar-refractivity contribution in [3.63, 3.8) is 0 Å². The third-order valence-electron chi connectivity index (χ3n) is 3.09. The van der Waals surface area contributed by atoms with E-state index >= 15 is 0 Å². The van der Waals surface area contributed by atoms with Gasteiger partial charge < -0.3 is 10.6 Å². The van der Waals surface area contributed by atoms with Gasteiger partial charge in [-0.15, -0.1) is 0 Å². The number of nitrogens with zero attached hydrogens (tertiary/aromatic N) is 2. The molecule has 0 atom stereocenters. The molecular formula is C15H16N4O. The Kier molecular flexibility index (Phi) is 3.58. The molecule has 1 aromatic carbocycles. The fraction of sp³-hybridized carbons (Fsp3) is 0.267. The van der Waals surface area contributed by atoms with Gasteiger partial charge in [-0.3, -0.25) is 4.79 Å². The third-order valence-corrected chi connectivity index (χ3v) is 3.09. The molecule has 20 heavy (non-hydrogen) atoms. The first-order valence-electron chi connectivity index (χ1n) is 6.73. The van der Waals surface area contributed by atoms with Gasteiger partial charge in [0.05, 0.1) is 0 Å². The van der Waals surface area contributed by atoms with Crippen LogP contribution >= 0.6 is 0 Å². The first kappa shape index (κ1) is 12.6. The van der Waals surface area contributed by atoms with Crippen molar-refractivity contribution < 1.29 is 4.79 Å². The van der Waals surface area contributed by atoms with Crippen molar-refractivity contribution in [2.75, 3.05) is 5.32 Å². The molecule has 0 aliphatic heterocycles. The van der Waals surface area contributed by atoms with Crippen molar-refractivity contribution in [1.82, 2.24) is 15.3 Å². The largest absolute Gasteiger partial charge is 0.351 e. The molecule has 0 bridgehead atoms. The van der Waals surface area contributed by atoms with Gasteiger partial charge in [0.25, 0.3) is 5.91 Å². The van der Waals surface area contributed by atoms with Gasteiger partial charge in [-0.25, -0.2) is 9.97 Å². The minimum Gasteiger partial charge on any atom is -0.351 e. The maximum Gasteiger partial charge on any atom is 0.270 e. The zero-order valence-electron chi connectivity index (χ0n) is 11.0. The standard InChI is InChI=1S/C15H16N4O/c20-14(17-10-11-4-2-1-3-5-11)13-8-9-16-15(19-13)18-12-6-7-12/h1-5,8-9,12H,6-7,10H2,(H,17,20)(H,16,18,19). The van der Waals surface area contributed by atoms with Gasteiger partial charge in [0.2, 0.25) is 5.95 Å². The van der Waals surface area contributed by atoms with Crippen molar-refractivity contribution >= 4 is 11.9 Å². The van der Waals surface area contributed by atoms with Crippen molar-refractivity contribution in [2.24, 2.45) is 0 Å². The van der Waals surface area contributed by atoms with E-state index in [1.165, 1.54) is 0 Å². The summed E-state index contributed by atoms with van der Waals surface area (Å²) in [6.07, 6.45) is 3.90. The van der Waals surface area contributed by atoms with Crippen LogP contribution in [0.2, 0.25) is 0 Å². The highest BCUT2D eigenvalue weighted by molar-refractivity contribution is 5.92. The quantitative estimate of drug-likeness (QED) is 0.870. The van der Waals surface area contributed by atoms with E-state index < -0.39 is 0 Å². The van der Waals surface area contributed by atoms with Crippen molar-refractivity contribution in [3.05, 3.63) is 53.9 Å². The maximum absolute atomic E-state index is 12.0. The SMILES string of the molecule is O=C(NCc1ccccc1)c1ccnc(NC2CC2)n1. The van der Waals surface area contributed by atoms with Crippen LogP contribution in [0.4, 0.5) is 5.95 Å². The summed E-state index contributed by atoms with van der Waals surface area (Å²) in [5, 5.41) is 6.04. The van der Waals surface area contributed by atoms with E-state index in [0.29, 0.717) is 24.2 Å². The van der Waals surface area contributed by atoms with Crippen molar-refractivity contribution in [1.29, 1.82) is 0 Å². The van der Waals surface area contributed by atoms with Crippen LogP contribution in [0.15, 0.2) is 42.6 Å². The summed E-state index contributed by atoms with van der Waals surface area (Å²) in [5.41, 5.74) is 1.45. The Balaban J connectivity index is 1.61. The predicted molar refractivity (Wildman–Crippen MR) is 76.3 cm³/mol. The van der Waals surface area contributed by atoms with Crippen molar-refractivity contribution in [3.8, 4) is 0 Å². The predicted octanol–water partition coefficient (Wildman–Crippen LogP) is 1.98. The van der Waals surface area contributed by atoms with Crippen LogP contribution in [0, 0.1) is 0 Å². The normalized spacial score (nSPS) is 13.8. The van der Waals surface area contributed by atoms with Crippen LogP contribution in [0.3, 0.4) is 0 Å². The Morgan fingerprint density at radius 3 is 2.75 bits per heavy atom. The van der Waals surface area contributed by atoms with E-state index in [-0.39, 0.29) is 5.91 Å². The molecule has 1 aliphatic rings. The van der Waals surface area contributed by atoms with Gasteiger partial charge in [0.15, 0.2) is 0 Å². The minimum absolute atomic E-state index is 0.185. The molecule has 0 saturated heterocycles. The van der Waals surface area contributed by atoms with Crippen LogP contribution in [0.25, 0.3) is 0 Å². The fourth-order valence-electron chi connectivity index (χ4n) is 1.83. The first-order valence-corrected chi connectivity index (χ1v) is 6.73. The van der Waals surface area contributed by atoms with E-state index in [2.05, 4.69) is 20.6 Å². The average Bonchev–Trinajstić information content (AvgIpc) is 3.30.